The van der Waals surface area contributed by atoms with Gasteiger partial charge in [-0.1, -0.05) is 151 Å². The number of halogens is 2. The molecule has 1 aliphatic rings. The van der Waals surface area contributed by atoms with Crippen molar-refractivity contribution >= 4 is 62.9 Å². The summed E-state index contributed by atoms with van der Waals surface area (Å²) >= 11 is 13.9. The predicted octanol–water partition coefficient (Wildman–Crippen LogP) is 8.06. The van der Waals surface area contributed by atoms with Crippen molar-refractivity contribution in [3.05, 3.63) is 160 Å². The summed E-state index contributed by atoms with van der Waals surface area (Å²) in [5.41, 5.74) is 4.89. The molecule has 0 saturated heterocycles. The van der Waals surface area contributed by atoms with E-state index in [0.29, 0.717) is 10.0 Å². The Morgan fingerprint density at radius 1 is 0.500 bits per heavy atom. The van der Waals surface area contributed by atoms with Gasteiger partial charge in [-0.3, -0.25) is 0 Å². The molecule has 5 aromatic rings. The van der Waals surface area contributed by atoms with E-state index < -0.39 is 6.89 Å². The minimum atomic E-state index is -2.49. The van der Waals surface area contributed by atoms with Gasteiger partial charge in [0.2, 0.25) is 0 Å². The standard InChI is InChI=1S/C33H23Cl2P/c34-30-21-12-22-31(32(30)35)36(26-16-6-2-7-17-26,27-18-8-3-9-19-27)33-28-20-11-10-15-25(28)23-29(33)24-13-4-1-5-14-24/h1-23H. The van der Waals surface area contributed by atoms with Crippen LogP contribution in [-0.2, 0) is 0 Å². The van der Waals surface area contributed by atoms with E-state index in [1.807, 2.05) is 12.1 Å². The van der Waals surface area contributed by atoms with Gasteiger partial charge >= 0.3 is 0 Å². The molecule has 1 aliphatic carbocycles. The Hall–Kier alpha value is -3.28. The number of benzene rings is 5. The first-order valence-electron chi connectivity index (χ1n) is 11.9. The Balaban J connectivity index is 1.92. The third-order valence-corrected chi connectivity index (χ3v) is 12.1. The summed E-state index contributed by atoms with van der Waals surface area (Å²) in [4.78, 5) is 0. The molecule has 0 aromatic heterocycles. The molecule has 3 heteroatoms. The molecule has 0 amide bonds. The van der Waals surface area contributed by atoms with Gasteiger partial charge in [-0.2, -0.15) is 0 Å². The Kier molecular flexibility index (Phi) is 6.20. The third kappa shape index (κ3) is 3.69. The molecular weight excluding hydrogens is 498 g/mol. The molecule has 5 aromatic carbocycles. The molecule has 0 unspecified atom stereocenters. The highest BCUT2D eigenvalue weighted by Gasteiger charge is 2.37. The van der Waals surface area contributed by atoms with Gasteiger partial charge < -0.3 is 0 Å². The number of allylic oxidation sites excluding steroid dienone is 1. The van der Waals surface area contributed by atoms with Crippen molar-refractivity contribution in [2.24, 2.45) is 0 Å². The van der Waals surface area contributed by atoms with Crippen molar-refractivity contribution in [1.29, 1.82) is 0 Å². The first kappa shape index (κ1) is 23.1. The molecule has 0 radical (unpaired) electrons. The van der Waals surface area contributed by atoms with Crippen LogP contribution in [0.2, 0.25) is 10.0 Å². The first-order valence-corrected chi connectivity index (χ1v) is 14.4. The lowest BCUT2D eigenvalue weighted by atomic mass is 10.0. The first-order chi connectivity index (χ1) is 17.7. The topological polar surface area (TPSA) is 0 Å². The fourth-order valence-corrected chi connectivity index (χ4v) is 10.7. The van der Waals surface area contributed by atoms with Crippen LogP contribution in [0.4, 0.5) is 0 Å². The van der Waals surface area contributed by atoms with Gasteiger partial charge in [0.25, 0.3) is 0 Å². The summed E-state index contributed by atoms with van der Waals surface area (Å²) in [6.07, 6.45) is 2.33. The molecular formula is C33H23Cl2P. The van der Waals surface area contributed by atoms with Crippen LogP contribution >= 0.6 is 30.1 Å². The third-order valence-electron chi connectivity index (χ3n) is 6.77. The molecule has 0 atom stereocenters. The molecule has 0 aliphatic heterocycles. The van der Waals surface area contributed by atoms with E-state index in [2.05, 4.69) is 127 Å². The van der Waals surface area contributed by atoms with Gasteiger partial charge in [-0.15, -0.1) is 0 Å². The average molecular weight is 521 g/mol. The maximum Gasteiger partial charge on any atom is 0.0675 e. The Labute approximate surface area is 222 Å². The lowest BCUT2D eigenvalue weighted by Gasteiger charge is -2.34. The van der Waals surface area contributed by atoms with E-state index in [1.54, 1.807) is 0 Å². The zero-order valence-electron chi connectivity index (χ0n) is 19.5. The highest BCUT2D eigenvalue weighted by Crippen LogP contribution is 2.54. The molecule has 0 heterocycles. The van der Waals surface area contributed by atoms with Gasteiger partial charge in [0.15, 0.2) is 0 Å². The van der Waals surface area contributed by atoms with Gasteiger partial charge in [0.05, 0.1) is 10.0 Å². The average Bonchev–Trinajstić information content (AvgIpc) is 3.33. The number of hydrogen-bond acceptors (Lipinski definition) is 0. The lowest BCUT2D eigenvalue weighted by molar-refractivity contribution is 1.64. The van der Waals surface area contributed by atoms with E-state index in [0.717, 1.165) is 5.30 Å². The van der Waals surface area contributed by atoms with E-state index in [1.165, 1.54) is 38.2 Å². The predicted molar refractivity (Wildman–Crippen MR) is 160 cm³/mol. The molecule has 6 rings (SSSR count). The maximum atomic E-state index is 7.14. The zero-order chi connectivity index (χ0) is 24.5. The van der Waals surface area contributed by atoms with Crippen molar-refractivity contribution < 1.29 is 0 Å². The van der Waals surface area contributed by atoms with Crippen LogP contribution in [0, 0.1) is 0 Å². The van der Waals surface area contributed by atoms with Crippen molar-refractivity contribution in [2.75, 3.05) is 0 Å². The van der Waals surface area contributed by atoms with Crippen molar-refractivity contribution in [2.45, 2.75) is 0 Å². The molecule has 0 spiro atoms. The van der Waals surface area contributed by atoms with Crippen LogP contribution in [0.1, 0.15) is 16.7 Å². The van der Waals surface area contributed by atoms with E-state index in [4.69, 9.17) is 23.2 Å². The minimum absolute atomic E-state index is 0.572. The quantitative estimate of drug-likeness (QED) is 0.210. The molecule has 0 saturated carbocycles. The maximum absolute atomic E-state index is 7.14. The highest BCUT2D eigenvalue weighted by molar-refractivity contribution is 7.96. The summed E-state index contributed by atoms with van der Waals surface area (Å²) in [7, 11) is 0. The summed E-state index contributed by atoms with van der Waals surface area (Å²) in [5, 5.41) is 6.06. The summed E-state index contributed by atoms with van der Waals surface area (Å²) in [5.74, 6) is 0. The smallest absolute Gasteiger partial charge is 0.0675 e. The van der Waals surface area contributed by atoms with E-state index >= 15 is 0 Å². The van der Waals surface area contributed by atoms with E-state index in [9.17, 15) is 0 Å². The Morgan fingerprint density at radius 2 is 1.06 bits per heavy atom. The van der Waals surface area contributed by atoms with Gasteiger partial charge in [-0.05, 0) is 51.9 Å². The van der Waals surface area contributed by atoms with Gasteiger partial charge in [0, 0.05) is 10.6 Å². The van der Waals surface area contributed by atoms with Crippen molar-refractivity contribution in [3.63, 3.8) is 0 Å². The largest absolute Gasteiger partial charge is 0.0827 e. The second-order valence-corrected chi connectivity index (χ2v) is 12.9. The monoisotopic (exact) mass is 520 g/mol. The Bertz CT molecular complexity index is 1590. The van der Waals surface area contributed by atoms with Crippen molar-refractivity contribution in [3.8, 4) is 0 Å². The summed E-state index contributed by atoms with van der Waals surface area (Å²) < 4.78 is 0. The summed E-state index contributed by atoms with van der Waals surface area (Å²) in [6.45, 7) is -2.49. The molecule has 0 nitrogen and oxygen atoms in total. The number of fused-ring (bicyclic) bond motifs is 1. The molecule has 0 bridgehead atoms. The normalized spacial score (nSPS) is 12.8. The van der Waals surface area contributed by atoms with E-state index in [-0.39, 0.29) is 0 Å². The SMILES string of the molecule is Clc1cccc(P(=C2C(c3ccccc3)=Cc3ccccc32)(c2ccccc2)c2ccccc2)c1Cl. The van der Waals surface area contributed by atoms with Crippen LogP contribution < -0.4 is 15.9 Å². The molecule has 0 N–H and O–H groups in total. The number of rotatable bonds is 4. The Morgan fingerprint density at radius 3 is 1.69 bits per heavy atom. The minimum Gasteiger partial charge on any atom is -0.0827 e. The fraction of sp³-hybridized carbons (Fsp3) is 0. The number of hydrogen-bond donors (Lipinski definition) is 0. The highest BCUT2D eigenvalue weighted by atomic mass is 35.5. The molecule has 174 valence electrons. The van der Waals surface area contributed by atoms with Crippen LogP contribution in [0.25, 0.3) is 11.6 Å². The van der Waals surface area contributed by atoms with Crippen LogP contribution in [0.15, 0.2) is 133 Å². The molecule has 36 heavy (non-hydrogen) atoms. The molecule has 0 fully saturated rings. The van der Waals surface area contributed by atoms with Crippen LogP contribution in [-0.4, -0.2) is 5.29 Å². The van der Waals surface area contributed by atoms with Crippen LogP contribution in [0.5, 0.6) is 0 Å². The summed E-state index contributed by atoms with van der Waals surface area (Å²) in [6, 6.07) is 47.0. The van der Waals surface area contributed by atoms with Crippen molar-refractivity contribution in [1.82, 2.24) is 0 Å². The lowest BCUT2D eigenvalue weighted by Crippen LogP contribution is -2.31. The fourth-order valence-electron chi connectivity index (χ4n) is 5.27. The van der Waals surface area contributed by atoms with Crippen LogP contribution in [0.3, 0.4) is 0 Å². The van der Waals surface area contributed by atoms with Gasteiger partial charge in [-0.25, -0.2) is 0 Å². The second kappa shape index (κ2) is 9.64. The second-order valence-electron chi connectivity index (χ2n) is 8.77. The van der Waals surface area contributed by atoms with Gasteiger partial charge in [0.1, 0.15) is 0 Å². The zero-order valence-corrected chi connectivity index (χ0v) is 21.9.